The van der Waals surface area contributed by atoms with Gasteiger partial charge in [0.25, 0.3) is 0 Å². The Morgan fingerprint density at radius 3 is 2.71 bits per heavy atom. The third kappa shape index (κ3) is 3.47. The molecule has 4 nitrogen and oxygen atoms in total. The molecule has 0 aliphatic carbocycles. The Hall–Kier alpha value is -1.01. The molecule has 6 heteroatoms. The molecule has 0 bridgehead atoms. The van der Waals surface area contributed by atoms with Crippen LogP contribution in [0.1, 0.15) is 25.6 Å². The number of rotatable bonds is 3. The first-order valence-corrected chi connectivity index (χ1v) is 6.74. The fraction of sp³-hybridized carbons (Fsp3) is 0.273. The van der Waals surface area contributed by atoms with Crippen LogP contribution in [0.2, 0.25) is 0 Å². The first kappa shape index (κ1) is 12.4. The SMILES string of the molecule is CC(C)c1nc(Br)cc(Sc2ccncn2)n1. The first-order valence-electron chi connectivity index (χ1n) is 5.13. The number of halogens is 1. The van der Waals surface area contributed by atoms with E-state index in [2.05, 4.69) is 49.7 Å². The largest absolute Gasteiger partial charge is 0.245 e. The molecule has 0 aliphatic heterocycles. The maximum Gasteiger partial charge on any atom is 0.133 e. The molecule has 0 radical (unpaired) electrons. The average molecular weight is 311 g/mol. The van der Waals surface area contributed by atoms with Crippen molar-refractivity contribution < 1.29 is 0 Å². The summed E-state index contributed by atoms with van der Waals surface area (Å²) in [6, 6.07) is 3.74. The third-order valence-corrected chi connectivity index (χ3v) is 3.24. The average Bonchev–Trinajstić information content (AvgIpc) is 2.29. The van der Waals surface area contributed by atoms with E-state index in [4.69, 9.17) is 0 Å². The second kappa shape index (κ2) is 5.55. The maximum absolute atomic E-state index is 4.49. The van der Waals surface area contributed by atoms with Crippen molar-refractivity contribution >= 4 is 27.7 Å². The summed E-state index contributed by atoms with van der Waals surface area (Å²) < 4.78 is 0.799. The molecule has 2 rings (SSSR count). The number of aromatic nitrogens is 4. The molecular weight excluding hydrogens is 300 g/mol. The van der Waals surface area contributed by atoms with Gasteiger partial charge in [-0.1, -0.05) is 13.8 Å². The monoisotopic (exact) mass is 310 g/mol. The standard InChI is InChI=1S/C11H11BrN4S/c1-7(2)11-15-8(12)5-10(16-11)17-9-3-4-13-6-14-9/h3-7H,1-2H3. The molecule has 0 fully saturated rings. The molecule has 2 aromatic heterocycles. The van der Waals surface area contributed by atoms with Crippen LogP contribution in [0.5, 0.6) is 0 Å². The highest BCUT2D eigenvalue weighted by Gasteiger charge is 2.08. The van der Waals surface area contributed by atoms with Crippen LogP contribution in [0.4, 0.5) is 0 Å². The molecule has 2 aromatic rings. The van der Waals surface area contributed by atoms with Crippen molar-refractivity contribution in [3.63, 3.8) is 0 Å². The summed E-state index contributed by atoms with van der Waals surface area (Å²) in [7, 11) is 0. The molecule has 0 N–H and O–H groups in total. The minimum absolute atomic E-state index is 0.303. The highest BCUT2D eigenvalue weighted by molar-refractivity contribution is 9.10. The Morgan fingerprint density at radius 2 is 2.06 bits per heavy atom. The van der Waals surface area contributed by atoms with Crippen molar-refractivity contribution in [2.45, 2.75) is 29.8 Å². The molecule has 0 saturated carbocycles. The first-order chi connectivity index (χ1) is 8.15. The van der Waals surface area contributed by atoms with Gasteiger partial charge in [0.1, 0.15) is 26.8 Å². The van der Waals surface area contributed by atoms with E-state index >= 15 is 0 Å². The predicted octanol–water partition coefficient (Wildman–Crippen LogP) is 3.30. The highest BCUT2D eigenvalue weighted by Crippen LogP contribution is 2.26. The second-order valence-electron chi connectivity index (χ2n) is 3.69. The molecule has 0 spiro atoms. The zero-order valence-corrected chi connectivity index (χ0v) is 11.9. The van der Waals surface area contributed by atoms with Crippen LogP contribution < -0.4 is 0 Å². The summed E-state index contributed by atoms with van der Waals surface area (Å²) in [5.41, 5.74) is 0. The summed E-state index contributed by atoms with van der Waals surface area (Å²) in [6.07, 6.45) is 3.25. The van der Waals surface area contributed by atoms with Crippen LogP contribution in [0.15, 0.2) is 39.3 Å². The molecule has 0 saturated heterocycles. The van der Waals surface area contributed by atoms with Crippen molar-refractivity contribution in [1.82, 2.24) is 19.9 Å². The van der Waals surface area contributed by atoms with Gasteiger partial charge in [0.05, 0.1) is 0 Å². The normalized spacial score (nSPS) is 10.8. The van der Waals surface area contributed by atoms with Gasteiger partial charge in [0, 0.05) is 18.2 Å². The fourth-order valence-corrected chi connectivity index (χ4v) is 2.47. The van der Waals surface area contributed by atoms with Crippen LogP contribution in [-0.2, 0) is 0 Å². The smallest absolute Gasteiger partial charge is 0.133 e. The van der Waals surface area contributed by atoms with Gasteiger partial charge in [-0.3, -0.25) is 0 Å². The predicted molar refractivity (Wildman–Crippen MR) is 70.0 cm³/mol. The molecule has 0 aliphatic rings. The Morgan fingerprint density at radius 1 is 1.24 bits per heavy atom. The summed E-state index contributed by atoms with van der Waals surface area (Å²) in [6.45, 7) is 4.14. The Bertz CT molecular complexity index is 504. The van der Waals surface area contributed by atoms with Crippen LogP contribution in [0, 0.1) is 0 Å². The van der Waals surface area contributed by atoms with Crippen LogP contribution in [-0.4, -0.2) is 19.9 Å². The van der Waals surface area contributed by atoms with Gasteiger partial charge in [-0.25, -0.2) is 19.9 Å². The second-order valence-corrected chi connectivity index (χ2v) is 5.54. The lowest BCUT2D eigenvalue weighted by Crippen LogP contribution is -1.98. The van der Waals surface area contributed by atoms with Gasteiger partial charge in [0.15, 0.2) is 0 Å². The molecular formula is C11H11BrN4S. The summed E-state index contributed by atoms with van der Waals surface area (Å²) in [4.78, 5) is 16.9. The van der Waals surface area contributed by atoms with Gasteiger partial charge < -0.3 is 0 Å². The molecule has 0 amide bonds. The minimum atomic E-state index is 0.303. The Kier molecular flexibility index (Phi) is 4.06. The zero-order chi connectivity index (χ0) is 12.3. The molecule has 0 unspecified atom stereocenters. The number of nitrogens with zero attached hydrogens (tertiary/aromatic N) is 4. The van der Waals surface area contributed by atoms with E-state index in [1.165, 1.54) is 18.1 Å². The van der Waals surface area contributed by atoms with E-state index in [9.17, 15) is 0 Å². The molecule has 0 aromatic carbocycles. The van der Waals surface area contributed by atoms with Crippen molar-refractivity contribution in [3.05, 3.63) is 35.1 Å². The number of hydrogen-bond donors (Lipinski definition) is 0. The van der Waals surface area contributed by atoms with Crippen LogP contribution >= 0.6 is 27.7 Å². The lowest BCUT2D eigenvalue weighted by Gasteiger charge is -2.06. The van der Waals surface area contributed by atoms with Crippen molar-refractivity contribution in [3.8, 4) is 0 Å². The maximum atomic E-state index is 4.49. The van der Waals surface area contributed by atoms with Crippen LogP contribution in [0.25, 0.3) is 0 Å². The molecule has 2 heterocycles. The van der Waals surface area contributed by atoms with Gasteiger partial charge >= 0.3 is 0 Å². The number of hydrogen-bond acceptors (Lipinski definition) is 5. The highest BCUT2D eigenvalue weighted by atomic mass is 79.9. The van der Waals surface area contributed by atoms with E-state index < -0.39 is 0 Å². The van der Waals surface area contributed by atoms with Crippen LogP contribution in [0.3, 0.4) is 0 Å². The van der Waals surface area contributed by atoms with E-state index in [1.54, 1.807) is 6.20 Å². The van der Waals surface area contributed by atoms with Crippen molar-refractivity contribution in [2.24, 2.45) is 0 Å². The van der Waals surface area contributed by atoms with Gasteiger partial charge in [-0.05, 0) is 33.8 Å². The van der Waals surface area contributed by atoms with E-state index in [0.717, 1.165) is 20.5 Å². The van der Waals surface area contributed by atoms with Gasteiger partial charge in [-0.15, -0.1) is 0 Å². The summed E-state index contributed by atoms with van der Waals surface area (Å²) in [5.74, 6) is 1.13. The topological polar surface area (TPSA) is 51.6 Å². The minimum Gasteiger partial charge on any atom is -0.245 e. The van der Waals surface area contributed by atoms with E-state index in [0.29, 0.717) is 5.92 Å². The molecule has 17 heavy (non-hydrogen) atoms. The Labute approximate surface area is 112 Å². The van der Waals surface area contributed by atoms with Gasteiger partial charge in [-0.2, -0.15) is 0 Å². The van der Waals surface area contributed by atoms with Gasteiger partial charge in [0.2, 0.25) is 0 Å². The van der Waals surface area contributed by atoms with Crippen molar-refractivity contribution in [2.75, 3.05) is 0 Å². The van der Waals surface area contributed by atoms with E-state index in [-0.39, 0.29) is 0 Å². The lowest BCUT2D eigenvalue weighted by molar-refractivity contribution is 0.747. The summed E-state index contributed by atoms with van der Waals surface area (Å²) >= 11 is 4.90. The third-order valence-electron chi connectivity index (χ3n) is 1.97. The van der Waals surface area contributed by atoms with E-state index in [1.807, 2.05) is 12.1 Å². The zero-order valence-electron chi connectivity index (χ0n) is 9.46. The Balaban J connectivity index is 2.27. The molecule has 0 atom stereocenters. The summed E-state index contributed by atoms with van der Waals surface area (Å²) in [5, 5.41) is 1.76. The molecule has 88 valence electrons. The fourth-order valence-electron chi connectivity index (χ4n) is 1.17. The quantitative estimate of drug-likeness (QED) is 0.814. The lowest BCUT2D eigenvalue weighted by atomic mass is 10.2. The van der Waals surface area contributed by atoms with Crippen molar-refractivity contribution in [1.29, 1.82) is 0 Å².